The lowest BCUT2D eigenvalue weighted by atomic mass is 9.83. The normalized spacial score (nSPS) is 23.2. The number of pyridine rings is 1. The van der Waals surface area contributed by atoms with Gasteiger partial charge in [-0.1, -0.05) is 32.0 Å². The van der Waals surface area contributed by atoms with Crippen molar-refractivity contribution in [2.45, 2.75) is 38.3 Å². The molecule has 0 N–H and O–H groups in total. The van der Waals surface area contributed by atoms with Crippen LogP contribution in [0, 0.1) is 5.92 Å². The van der Waals surface area contributed by atoms with Crippen molar-refractivity contribution in [3.05, 3.63) is 59.9 Å². The van der Waals surface area contributed by atoms with E-state index >= 15 is 0 Å². The third-order valence-electron chi connectivity index (χ3n) is 6.32. The van der Waals surface area contributed by atoms with Crippen LogP contribution in [-0.4, -0.2) is 65.6 Å². The van der Waals surface area contributed by atoms with Crippen LogP contribution in [0.4, 0.5) is 0 Å². The van der Waals surface area contributed by atoms with E-state index < -0.39 is 5.60 Å². The molecule has 2 aromatic rings. The van der Waals surface area contributed by atoms with Crippen molar-refractivity contribution in [2.75, 3.05) is 33.4 Å². The highest BCUT2D eigenvalue weighted by Crippen LogP contribution is 2.42. The summed E-state index contributed by atoms with van der Waals surface area (Å²) in [6.07, 6.45) is 3.95. The molecule has 0 radical (unpaired) electrons. The first kappa shape index (κ1) is 22.3. The minimum atomic E-state index is -1.08. The zero-order valence-electron chi connectivity index (χ0n) is 19.0. The summed E-state index contributed by atoms with van der Waals surface area (Å²) in [6.45, 7) is 6.24. The number of amides is 2. The highest BCUT2D eigenvalue weighted by Gasteiger charge is 2.57. The molecule has 32 heavy (non-hydrogen) atoms. The Kier molecular flexibility index (Phi) is 6.46. The second-order valence-electron chi connectivity index (χ2n) is 9.02. The number of hydrogen-bond donors (Lipinski definition) is 0. The first-order valence-electron chi connectivity index (χ1n) is 11.2. The summed E-state index contributed by atoms with van der Waals surface area (Å²) in [4.78, 5) is 34.7. The number of morpholine rings is 1. The molecule has 2 fully saturated rings. The van der Waals surface area contributed by atoms with E-state index in [0.717, 1.165) is 16.9 Å². The van der Waals surface area contributed by atoms with Crippen molar-refractivity contribution >= 4 is 11.8 Å². The van der Waals surface area contributed by atoms with Gasteiger partial charge < -0.3 is 19.3 Å². The summed E-state index contributed by atoms with van der Waals surface area (Å²) in [7, 11) is 1.63. The fourth-order valence-corrected chi connectivity index (χ4v) is 4.69. The Morgan fingerprint density at radius 1 is 1.28 bits per heavy atom. The van der Waals surface area contributed by atoms with Gasteiger partial charge in [0, 0.05) is 44.4 Å². The first-order valence-corrected chi connectivity index (χ1v) is 11.2. The number of likely N-dealkylation sites (tertiary alicyclic amines) is 1. The molecule has 1 spiro atoms. The van der Waals surface area contributed by atoms with Gasteiger partial charge in [-0.25, -0.2) is 0 Å². The van der Waals surface area contributed by atoms with Gasteiger partial charge in [-0.05, 0) is 35.2 Å². The van der Waals surface area contributed by atoms with Crippen LogP contribution in [0.2, 0.25) is 0 Å². The van der Waals surface area contributed by atoms with Crippen molar-refractivity contribution in [3.63, 3.8) is 0 Å². The standard InChI is InChI=1S/C25H31N3O4/c1-18(2)13-23(29)28-16-22(20-5-4-10-26-14-20)25(17-28)24(30)27(11-12-32-25)15-19-6-8-21(31-3)9-7-19/h4-10,14,18,22H,11-13,15-17H2,1-3H3. The average molecular weight is 438 g/mol. The molecule has 0 aliphatic carbocycles. The van der Waals surface area contributed by atoms with Crippen molar-refractivity contribution in [1.29, 1.82) is 0 Å². The van der Waals surface area contributed by atoms with Gasteiger partial charge in [0.1, 0.15) is 5.75 Å². The third-order valence-corrected chi connectivity index (χ3v) is 6.32. The molecule has 3 heterocycles. The number of carbonyl (C=O) groups excluding carboxylic acids is 2. The van der Waals surface area contributed by atoms with Gasteiger partial charge in [-0.2, -0.15) is 0 Å². The second kappa shape index (κ2) is 9.28. The van der Waals surface area contributed by atoms with Gasteiger partial charge in [0.2, 0.25) is 5.91 Å². The Labute approximate surface area is 189 Å². The van der Waals surface area contributed by atoms with E-state index in [-0.39, 0.29) is 30.2 Å². The fraction of sp³-hybridized carbons (Fsp3) is 0.480. The Morgan fingerprint density at radius 2 is 2.06 bits per heavy atom. The Bertz CT molecular complexity index is 947. The van der Waals surface area contributed by atoms with E-state index in [1.54, 1.807) is 24.4 Å². The summed E-state index contributed by atoms with van der Waals surface area (Å²) in [6, 6.07) is 11.6. The van der Waals surface area contributed by atoms with Crippen LogP contribution in [0.15, 0.2) is 48.8 Å². The smallest absolute Gasteiger partial charge is 0.257 e. The molecule has 2 amide bonds. The van der Waals surface area contributed by atoms with Gasteiger partial charge in [-0.3, -0.25) is 14.6 Å². The van der Waals surface area contributed by atoms with Gasteiger partial charge in [0.25, 0.3) is 5.91 Å². The minimum Gasteiger partial charge on any atom is -0.497 e. The van der Waals surface area contributed by atoms with Crippen molar-refractivity contribution in [1.82, 2.24) is 14.8 Å². The van der Waals surface area contributed by atoms with Gasteiger partial charge in [0.15, 0.2) is 5.60 Å². The number of ether oxygens (including phenoxy) is 2. The average Bonchev–Trinajstić information content (AvgIpc) is 3.18. The van der Waals surface area contributed by atoms with E-state index in [9.17, 15) is 9.59 Å². The van der Waals surface area contributed by atoms with E-state index in [1.807, 2.05) is 55.1 Å². The lowest BCUT2D eigenvalue weighted by Gasteiger charge is -2.42. The quantitative estimate of drug-likeness (QED) is 0.695. The maximum atomic E-state index is 13.9. The molecule has 2 aliphatic heterocycles. The van der Waals surface area contributed by atoms with Crippen LogP contribution in [0.3, 0.4) is 0 Å². The van der Waals surface area contributed by atoms with Gasteiger partial charge in [-0.15, -0.1) is 0 Å². The molecule has 2 aliphatic rings. The number of benzene rings is 1. The molecule has 170 valence electrons. The van der Waals surface area contributed by atoms with Crippen LogP contribution in [-0.2, 0) is 20.9 Å². The molecule has 2 atom stereocenters. The van der Waals surface area contributed by atoms with E-state index in [1.165, 1.54) is 0 Å². The molecule has 1 aromatic heterocycles. The second-order valence-corrected chi connectivity index (χ2v) is 9.02. The number of nitrogens with zero attached hydrogens (tertiary/aromatic N) is 3. The molecule has 7 heteroatoms. The van der Waals surface area contributed by atoms with Crippen LogP contribution in [0.5, 0.6) is 5.75 Å². The number of hydrogen-bond acceptors (Lipinski definition) is 5. The molecule has 0 saturated carbocycles. The molecule has 4 rings (SSSR count). The van der Waals surface area contributed by atoms with E-state index in [0.29, 0.717) is 32.7 Å². The lowest BCUT2D eigenvalue weighted by Crippen LogP contribution is -2.60. The Morgan fingerprint density at radius 3 is 2.72 bits per heavy atom. The number of rotatable bonds is 6. The molecular weight excluding hydrogens is 406 g/mol. The number of carbonyl (C=O) groups is 2. The van der Waals surface area contributed by atoms with E-state index in [2.05, 4.69) is 4.98 Å². The SMILES string of the molecule is COc1ccc(CN2CCOC3(CN(C(=O)CC(C)C)CC3c3cccnc3)C2=O)cc1. The van der Waals surface area contributed by atoms with Crippen LogP contribution in [0.1, 0.15) is 37.3 Å². The highest BCUT2D eigenvalue weighted by molar-refractivity contribution is 5.90. The fourth-order valence-electron chi connectivity index (χ4n) is 4.69. The monoisotopic (exact) mass is 437 g/mol. The number of aromatic nitrogens is 1. The largest absolute Gasteiger partial charge is 0.497 e. The van der Waals surface area contributed by atoms with Gasteiger partial charge in [0.05, 0.1) is 20.3 Å². The van der Waals surface area contributed by atoms with Crippen molar-refractivity contribution in [3.8, 4) is 5.75 Å². The molecular formula is C25H31N3O4. The van der Waals surface area contributed by atoms with Crippen LogP contribution in [0.25, 0.3) is 0 Å². The Hall–Kier alpha value is -2.93. The Balaban J connectivity index is 1.62. The van der Waals surface area contributed by atoms with E-state index in [4.69, 9.17) is 9.47 Å². The third kappa shape index (κ3) is 4.35. The lowest BCUT2D eigenvalue weighted by molar-refractivity contribution is -0.173. The predicted octanol–water partition coefficient (Wildman–Crippen LogP) is 2.86. The molecule has 2 unspecified atom stereocenters. The summed E-state index contributed by atoms with van der Waals surface area (Å²) in [5.74, 6) is 0.789. The molecule has 1 aromatic carbocycles. The first-order chi connectivity index (χ1) is 15.4. The summed E-state index contributed by atoms with van der Waals surface area (Å²) >= 11 is 0. The maximum Gasteiger partial charge on any atom is 0.257 e. The topological polar surface area (TPSA) is 72.0 Å². The van der Waals surface area contributed by atoms with Crippen LogP contribution < -0.4 is 4.74 Å². The molecule has 7 nitrogen and oxygen atoms in total. The highest BCUT2D eigenvalue weighted by atomic mass is 16.5. The zero-order chi connectivity index (χ0) is 22.7. The van der Waals surface area contributed by atoms with Gasteiger partial charge >= 0.3 is 0 Å². The van der Waals surface area contributed by atoms with Crippen molar-refractivity contribution in [2.24, 2.45) is 5.92 Å². The summed E-state index contributed by atoms with van der Waals surface area (Å²) in [5.41, 5.74) is 0.868. The van der Waals surface area contributed by atoms with Crippen molar-refractivity contribution < 1.29 is 19.1 Å². The maximum absolute atomic E-state index is 13.9. The summed E-state index contributed by atoms with van der Waals surface area (Å²) < 4.78 is 11.5. The minimum absolute atomic E-state index is 0.0618. The molecule has 0 bridgehead atoms. The number of methoxy groups -OCH3 is 1. The molecule has 2 saturated heterocycles. The summed E-state index contributed by atoms with van der Waals surface area (Å²) in [5, 5.41) is 0. The van der Waals surface area contributed by atoms with Crippen LogP contribution >= 0.6 is 0 Å². The predicted molar refractivity (Wildman–Crippen MR) is 120 cm³/mol. The zero-order valence-corrected chi connectivity index (χ0v) is 19.0.